The zero-order valence-corrected chi connectivity index (χ0v) is 88.5. The van der Waals surface area contributed by atoms with Crippen LogP contribution in [0, 0.1) is 95.0 Å². The minimum absolute atomic E-state index is 0. The normalized spacial score (nSPS) is 10.4. The van der Waals surface area contributed by atoms with Gasteiger partial charge in [0.05, 0.1) is 16.7 Å². The Bertz CT molecular complexity index is 7220. The standard InChI is InChI=1S/2C21H18NO.C18H14N.C17H10NO.4C12H10N.4Ir/c2*1-14(2)13-15-7-5-8-16-17-9-6-10-18(21(17)23-20(15)16)19-11-3-4-12-22-19;1-14-10-11-18(19-13-14)17-9-5-8-16(12-17)15-6-3-2-4-7-15;1-2-7-16-13(5-1)14-11-12(8-9-17(14)19-16)15-6-3-4-10-18-15;4*1-10-7-8-12(13-9-10)11-5-3-2-4-6-11;;;;/h2*3-9,11-12,14H,13H2,1-2H3;2-8,10-13H,1H3;1-7,9-11H;4*2-5,7-9H,1H3;;;;/q8*-1;;;;. The van der Waals surface area contributed by atoms with Crippen molar-refractivity contribution in [1.82, 2.24) is 39.9 Å². The first-order valence-electron chi connectivity index (χ1n) is 45.5. The molecule has 0 fully saturated rings. The molecule has 0 atom stereocenters. The van der Waals surface area contributed by atoms with Crippen LogP contribution in [0.25, 0.3) is 167 Å². The van der Waals surface area contributed by atoms with Crippen molar-refractivity contribution in [2.24, 2.45) is 11.8 Å². The molecule has 11 heterocycles. The molecule has 0 aliphatic carbocycles. The maximum absolute atomic E-state index is 6.30. The first-order chi connectivity index (χ1) is 66.7. The number of para-hydroxylation sites is 3. The molecule has 0 N–H and O–H groups in total. The van der Waals surface area contributed by atoms with Crippen molar-refractivity contribution in [3.05, 3.63) is 495 Å². The Labute approximate surface area is 874 Å². The topological polar surface area (TPSA) is 143 Å². The Hall–Kier alpha value is -14.2. The van der Waals surface area contributed by atoms with Gasteiger partial charge in [-0.15, -0.1) is 239 Å². The van der Waals surface area contributed by atoms with Crippen molar-refractivity contribution >= 4 is 65.8 Å². The SMILES string of the molecule is CC(C)Cc1cccc2c1oc1c(-c3ccccn3)[c-]ccc12.CC(C)Cc1cccc2c1oc1c(-c3ccccn3)[c-]ccc12.Cc1ccc(-c2[c-]ccc(-c3ccccc3)c2)nc1.Cc1ccc(-c2[c-]cccc2)nc1.Cc1ccc(-c2[c-]cccc2)nc1.Cc1ccc(-c2[c-]cccc2)nc1.Cc1ccc(-c2[c-]cccc2)nc1.[Ir].[Ir].[Ir].[Ir].[c-]1cc2oc3ccccc3c2cc1-c1ccccn1. The van der Waals surface area contributed by atoms with Gasteiger partial charge in [-0.05, 0) is 174 Å². The summed E-state index contributed by atoms with van der Waals surface area (Å²) < 4.78 is 18.4. The van der Waals surface area contributed by atoms with Crippen LogP contribution in [0.2, 0.25) is 0 Å². The van der Waals surface area contributed by atoms with Crippen LogP contribution in [0.4, 0.5) is 0 Å². The largest absolute Gasteiger partial charge is 0.500 e. The van der Waals surface area contributed by atoms with Gasteiger partial charge in [0.2, 0.25) is 0 Å². The van der Waals surface area contributed by atoms with Crippen molar-refractivity contribution in [3.8, 4) is 101 Å². The molecule has 0 aliphatic heterocycles. The molecule has 11 nitrogen and oxygen atoms in total. The van der Waals surface area contributed by atoms with Gasteiger partial charge >= 0.3 is 0 Å². The second kappa shape index (κ2) is 52.6. The average Bonchev–Trinajstić information content (AvgIpc) is 1.61. The molecular weight excluding hydrogens is 2430 g/mol. The third-order valence-corrected chi connectivity index (χ3v) is 22.1. The van der Waals surface area contributed by atoms with Crippen LogP contribution < -0.4 is 0 Å². The van der Waals surface area contributed by atoms with E-state index in [9.17, 15) is 0 Å². The summed E-state index contributed by atoms with van der Waals surface area (Å²) in [5.41, 5.74) is 31.9. The number of nitrogens with zero attached hydrogens (tertiary/aromatic N) is 8. The molecule has 0 bridgehead atoms. The van der Waals surface area contributed by atoms with E-state index in [1.165, 1.54) is 60.8 Å². The summed E-state index contributed by atoms with van der Waals surface area (Å²) in [7, 11) is 0. The van der Waals surface area contributed by atoms with E-state index in [1.807, 2.05) is 296 Å². The third-order valence-electron chi connectivity index (χ3n) is 22.1. The van der Waals surface area contributed by atoms with Crippen LogP contribution in [-0.2, 0) is 93.3 Å². The van der Waals surface area contributed by atoms with E-state index in [0.717, 1.165) is 158 Å². The van der Waals surface area contributed by atoms with Crippen molar-refractivity contribution in [2.45, 2.75) is 75.2 Å². The Kier molecular flexibility index (Phi) is 39.3. The fourth-order valence-corrected chi connectivity index (χ4v) is 15.4. The summed E-state index contributed by atoms with van der Waals surface area (Å²) in [6.07, 6.45) is 16.8. The average molecular weight is 2530 g/mol. The number of aryl methyl sites for hydroxylation is 5. The van der Waals surface area contributed by atoms with Gasteiger partial charge in [-0.3, -0.25) is 0 Å². The van der Waals surface area contributed by atoms with Gasteiger partial charge in [0.15, 0.2) is 0 Å². The molecule has 0 saturated heterocycles. The van der Waals surface area contributed by atoms with Crippen LogP contribution in [0.5, 0.6) is 0 Å². The molecule has 15 heteroatoms. The minimum Gasteiger partial charge on any atom is -0.500 e. The maximum atomic E-state index is 6.30. The summed E-state index contributed by atoms with van der Waals surface area (Å²) >= 11 is 0. The molecular formula is C125H100Ir4N8O3-8. The molecule has 140 heavy (non-hydrogen) atoms. The van der Waals surface area contributed by atoms with Gasteiger partial charge in [0, 0.05) is 146 Å². The summed E-state index contributed by atoms with van der Waals surface area (Å²) in [5.74, 6) is 1.19. The summed E-state index contributed by atoms with van der Waals surface area (Å²) in [6, 6.07) is 145. The van der Waals surface area contributed by atoms with Gasteiger partial charge in [0.1, 0.15) is 16.7 Å². The fourth-order valence-electron chi connectivity index (χ4n) is 15.4. The van der Waals surface area contributed by atoms with Crippen LogP contribution in [0.15, 0.2) is 421 Å². The molecule has 0 unspecified atom stereocenters. The number of pyridine rings is 8. The van der Waals surface area contributed by atoms with Gasteiger partial charge in [0.25, 0.3) is 0 Å². The molecule has 11 aromatic heterocycles. The maximum Gasteiger partial charge on any atom is 0.124 e. The van der Waals surface area contributed by atoms with Crippen LogP contribution in [0.3, 0.4) is 0 Å². The second-order valence-electron chi connectivity index (χ2n) is 33.6. The van der Waals surface area contributed by atoms with Crippen molar-refractivity contribution in [3.63, 3.8) is 0 Å². The van der Waals surface area contributed by atoms with Crippen molar-refractivity contribution < 1.29 is 93.7 Å². The van der Waals surface area contributed by atoms with Gasteiger partial charge < -0.3 is 53.1 Å². The number of benzene rings is 12. The summed E-state index contributed by atoms with van der Waals surface area (Å²) in [5, 5.41) is 6.84. The van der Waals surface area contributed by atoms with E-state index in [-0.39, 0.29) is 80.4 Å². The van der Waals surface area contributed by atoms with Crippen molar-refractivity contribution in [2.75, 3.05) is 0 Å². The quantitative estimate of drug-likeness (QED) is 0.102. The number of furan rings is 3. The van der Waals surface area contributed by atoms with E-state index in [0.29, 0.717) is 11.8 Å². The van der Waals surface area contributed by atoms with E-state index in [1.54, 1.807) is 18.6 Å². The smallest absolute Gasteiger partial charge is 0.124 e. The number of rotatable bonds is 13. The molecule has 0 amide bonds. The van der Waals surface area contributed by atoms with Gasteiger partial charge in [-0.25, -0.2) is 0 Å². The number of fused-ring (bicyclic) bond motifs is 9. The number of hydrogen-bond acceptors (Lipinski definition) is 11. The Morgan fingerprint density at radius 3 is 0.936 bits per heavy atom. The Balaban J connectivity index is 0.000000144. The molecule has 12 aromatic carbocycles. The third kappa shape index (κ3) is 28.1. The fraction of sp³-hybridized carbons (Fsp3) is 0.104. The molecule has 0 saturated carbocycles. The van der Waals surface area contributed by atoms with Crippen molar-refractivity contribution in [1.29, 1.82) is 0 Å². The predicted octanol–water partition coefficient (Wildman–Crippen LogP) is 31.7. The predicted molar refractivity (Wildman–Crippen MR) is 556 cm³/mol. The molecule has 23 rings (SSSR count). The Morgan fingerprint density at radius 1 is 0.229 bits per heavy atom. The first-order valence-corrected chi connectivity index (χ1v) is 45.5. The zero-order valence-electron chi connectivity index (χ0n) is 78.9. The molecule has 0 spiro atoms. The number of aromatic nitrogens is 8. The minimum atomic E-state index is 0. The first kappa shape index (κ1) is 105. The van der Waals surface area contributed by atoms with E-state index < -0.39 is 0 Å². The van der Waals surface area contributed by atoms with Gasteiger partial charge in [-0.2, -0.15) is 0 Å². The number of hydrogen-bond donors (Lipinski definition) is 0. The molecule has 4 radical (unpaired) electrons. The van der Waals surface area contributed by atoms with Crippen LogP contribution in [0.1, 0.15) is 66.6 Å². The molecule has 0 aliphatic rings. The summed E-state index contributed by atoms with van der Waals surface area (Å²) in [6.45, 7) is 19.1. The monoisotopic (exact) mass is 2530 g/mol. The van der Waals surface area contributed by atoms with E-state index in [4.69, 9.17) is 13.3 Å². The Morgan fingerprint density at radius 2 is 0.564 bits per heavy atom. The van der Waals surface area contributed by atoms with Gasteiger partial charge in [-0.1, -0.05) is 237 Å². The second-order valence-corrected chi connectivity index (χ2v) is 33.6. The van der Waals surface area contributed by atoms with E-state index in [2.05, 4.69) is 243 Å². The van der Waals surface area contributed by atoms with E-state index >= 15 is 0 Å². The van der Waals surface area contributed by atoms with Crippen LogP contribution >= 0.6 is 0 Å². The summed E-state index contributed by atoms with van der Waals surface area (Å²) in [4.78, 5) is 35.0. The molecule has 23 aromatic rings. The van der Waals surface area contributed by atoms with Crippen LogP contribution in [-0.4, -0.2) is 39.9 Å². The molecule has 702 valence electrons. The zero-order chi connectivity index (χ0) is 93.7.